The lowest BCUT2D eigenvalue weighted by molar-refractivity contribution is 0.289. The Morgan fingerprint density at radius 2 is 1.88 bits per heavy atom. The highest BCUT2D eigenvalue weighted by molar-refractivity contribution is 5.72. The number of pyridine rings is 1. The van der Waals surface area contributed by atoms with E-state index in [0.29, 0.717) is 13.2 Å². The summed E-state index contributed by atoms with van der Waals surface area (Å²) in [6, 6.07) is 10.1. The molecule has 0 atom stereocenters. The maximum Gasteiger partial charge on any atom is 0.160 e. The maximum atomic E-state index is 5.92. The fourth-order valence-electron chi connectivity index (χ4n) is 2.70. The quantitative estimate of drug-likeness (QED) is 0.677. The Bertz CT molecular complexity index is 808. The smallest absolute Gasteiger partial charge is 0.160 e. The molecule has 0 spiro atoms. The van der Waals surface area contributed by atoms with Crippen molar-refractivity contribution in [2.24, 2.45) is 5.73 Å². The van der Waals surface area contributed by atoms with Crippen molar-refractivity contribution >= 4 is 11.2 Å². The number of unbranched alkanes of at least 4 members (excludes halogenated alkanes) is 1. The minimum Gasteiger partial charge on any atom is -0.486 e. The van der Waals surface area contributed by atoms with Crippen LogP contribution in [0.3, 0.4) is 0 Å². The van der Waals surface area contributed by atoms with Gasteiger partial charge in [0.15, 0.2) is 5.65 Å². The van der Waals surface area contributed by atoms with Gasteiger partial charge in [0.1, 0.15) is 23.7 Å². The van der Waals surface area contributed by atoms with Gasteiger partial charge in [0.2, 0.25) is 0 Å². The zero-order valence-corrected chi connectivity index (χ0v) is 14.3. The number of fused-ring (bicyclic) bond motifs is 1. The Balaban J connectivity index is 1.84. The van der Waals surface area contributed by atoms with Crippen LogP contribution >= 0.6 is 0 Å². The number of benzene rings is 1. The summed E-state index contributed by atoms with van der Waals surface area (Å²) < 4.78 is 8.07. The molecule has 0 saturated carbocycles. The van der Waals surface area contributed by atoms with Crippen LogP contribution in [0.2, 0.25) is 0 Å². The largest absolute Gasteiger partial charge is 0.486 e. The van der Waals surface area contributed by atoms with Gasteiger partial charge in [0.25, 0.3) is 0 Å². The predicted octanol–water partition coefficient (Wildman–Crippen LogP) is 3.37. The van der Waals surface area contributed by atoms with Crippen LogP contribution in [0.15, 0.2) is 36.5 Å². The number of aryl methyl sites for hydroxylation is 3. The number of hydrogen-bond donors (Lipinski definition) is 1. The Morgan fingerprint density at radius 1 is 1.08 bits per heavy atom. The molecular formula is C19H24N4O. The van der Waals surface area contributed by atoms with E-state index in [2.05, 4.69) is 22.5 Å². The average molecular weight is 324 g/mol. The molecule has 1 aromatic carbocycles. The molecule has 126 valence electrons. The van der Waals surface area contributed by atoms with Crippen LogP contribution in [-0.2, 0) is 13.2 Å². The van der Waals surface area contributed by atoms with E-state index in [1.165, 1.54) is 5.56 Å². The summed E-state index contributed by atoms with van der Waals surface area (Å²) in [4.78, 5) is 9.29. The second-order valence-electron chi connectivity index (χ2n) is 6.13. The Labute approximate surface area is 142 Å². The van der Waals surface area contributed by atoms with Gasteiger partial charge in [-0.15, -0.1) is 0 Å². The van der Waals surface area contributed by atoms with Gasteiger partial charge in [-0.25, -0.2) is 9.97 Å². The molecular weight excluding hydrogens is 300 g/mol. The van der Waals surface area contributed by atoms with E-state index in [-0.39, 0.29) is 0 Å². The van der Waals surface area contributed by atoms with Crippen molar-refractivity contribution in [3.63, 3.8) is 0 Å². The van der Waals surface area contributed by atoms with Crippen molar-refractivity contribution in [1.82, 2.24) is 14.5 Å². The van der Waals surface area contributed by atoms with Gasteiger partial charge < -0.3 is 15.0 Å². The molecule has 0 aliphatic rings. The normalized spacial score (nSPS) is 11.1. The van der Waals surface area contributed by atoms with E-state index in [1.807, 2.05) is 37.4 Å². The average Bonchev–Trinajstić information content (AvgIpc) is 2.91. The molecule has 3 rings (SSSR count). The Hall–Kier alpha value is -2.40. The highest BCUT2D eigenvalue weighted by Gasteiger charge is 2.12. The number of rotatable bonds is 7. The van der Waals surface area contributed by atoms with Crippen molar-refractivity contribution < 1.29 is 4.74 Å². The fourth-order valence-corrected chi connectivity index (χ4v) is 2.70. The van der Waals surface area contributed by atoms with Gasteiger partial charge in [-0.1, -0.05) is 17.7 Å². The lowest BCUT2D eigenvalue weighted by atomic mass is 10.2. The number of ether oxygens (including phenoxy) is 1. The molecule has 24 heavy (non-hydrogen) atoms. The molecule has 0 aliphatic carbocycles. The summed E-state index contributed by atoms with van der Waals surface area (Å²) in [7, 11) is 0. The van der Waals surface area contributed by atoms with Crippen molar-refractivity contribution in [2.75, 3.05) is 6.54 Å². The van der Waals surface area contributed by atoms with Crippen molar-refractivity contribution in [1.29, 1.82) is 0 Å². The Morgan fingerprint density at radius 3 is 2.62 bits per heavy atom. The van der Waals surface area contributed by atoms with Crippen LogP contribution in [0, 0.1) is 13.8 Å². The zero-order chi connectivity index (χ0) is 16.9. The number of imidazole rings is 1. The highest BCUT2D eigenvalue weighted by atomic mass is 16.5. The van der Waals surface area contributed by atoms with E-state index in [9.17, 15) is 0 Å². The summed E-state index contributed by atoms with van der Waals surface area (Å²) in [6.45, 7) is 6.09. The van der Waals surface area contributed by atoms with Crippen molar-refractivity contribution in [3.05, 3.63) is 53.5 Å². The summed E-state index contributed by atoms with van der Waals surface area (Å²) in [5.41, 5.74) is 9.79. The van der Waals surface area contributed by atoms with E-state index in [4.69, 9.17) is 15.5 Å². The number of hydrogen-bond acceptors (Lipinski definition) is 4. The van der Waals surface area contributed by atoms with E-state index < -0.39 is 0 Å². The topological polar surface area (TPSA) is 66.0 Å². The first kappa shape index (κ1) is 16.5. The summed E-state index contributed by atoms with van der Waals surface area (Å²) in [6.07, 6.45) is 3.88. The third kappa shape index (κ3) is 3.74. The van der Waals surface area contributed by atoms with Crippen molar-refractivity contribution in [3.8, 4) is 5.75 Å². The second kappa shape index (κ2) is 7.45. The van der Waals surface area contributed by atoms with Gasteiger partial charge in [0, 0.05) is 12.7 Å². The molecule has 0 bridgehead atoms. The van der Waals surface area contributed by atoms with Crippen LogP contribution in [0.5, 0.6) is 5.75 Å². The lowest BCUT2D eigenvalue weighted by Crippen LogP contribution is -2.09. The molecule has 3 aromatic rings. The summed E-state index contributed by atoms with van der Waals surface area (Å²) >= 11 is 0. The second-order valence-corrected chi connectivity index (χ2v) is 6.13. The van der Waals surface area contributed by atoms with Gasteiger partial charge in [-0.2, -0.15) is 0 Å². The molecule has 0 amide bonds. The standard InChI is InChI=1S/C19H24N4O/c1-14-5-7-16(8-6-14)24-13-18-22-17-11-15(2)12-21-19(17)23(18)10-4-3-9-20/h5-8,11-12H,3-4,9-10,13,20H2,1-2H3. The first-order chi connectivity index (χ1) is 11.7. The van der Waals surface area contributed by atoms with E-state index in [0.717, 1.165) is 47.7 Å². The zero-order valence-electron chi connectivity index (χ0n) is 14.3. The van der Waals surface area contributed by atoms with Crippen LogP contribution < -0.4 is 10.5 Å². The molecule has 0 aliphatic heterocycles. The molecule has 0 saturated heterocycles. The van der Waals surface area contributed by atoms with Crippen LogP contribution in [0.1, 0.15) is 29.8 Å². The third-order valence-electron chi connectivity index (χ3n) is 4.03. The van der Waals surface area contributed by atoms with Gasteiger partial charge >= 0.3 is 0 Å². The molecule has 2 N–H and O–H groups in total. The fraction of sp³-hybridized carbons (Fsp3) is 0.368. The molecule has 5 nitrogen and oxygen atoms in total. The summed E-state index contributed by atoms with van der Waals surface area (Å²) in [5, 5.41) is 0. The molecule has 0 radical (unpaired) electrons. The monoisotopic (exact) mass is 324 g/mol. The summed E-state index contributed by atoms with van der Waals surface area (Å²) in [5.74, 6) is 1.76. The van der Waals surface area contributed by atoms with Gasteiger partial charge in [0.05, 0.1) is 0 Å². The first-order valence-corrected chi connectivity index (χ1v) is 8.38. The molecule has 2 aromatic heterocycles. The van der Waals surface area contributed by atoms with E-state index >= 15 is 0 Å². The van der Waals surface area contributed by atoms with Crippen molar-refractivity contribution in [2.45, 2.75) is 39.8 Å². The van der Waals surface area contributed by atoms with Crippen LogP contribution in [-0.4, -0.2) is 21.1 Å². The van der Waals surface area contributed by atoms with Gasteiger partial charge in [-0.05, 0) is 57.0 Å². The third-order valence-corrected chi connectivity index (χ3v) is 4.03. The highest BCUT2D eigenvalue weighted by Crippen LogP contribution is 2.19. The van der Waals surface area contributed by atoms with Crippen LogP contribution in [0.25, 0.3) is 11.2 Å². The maximum absolute atomic E-state index is 5.92. The van der Waals surface area contributed by atoms with Gasteiger partial charge in [-0.3, -0.25) is 0 Å². The SMILES string of the molecule is Cc1ccc(OCc2nc3cc(C)cnc3n2CCCCN)cc1. The predicted molar refractivity (Wildman–Crippen MR) is 96.1 cm³/mol. The first-order valence-electron chi connectivity index (χ1n) is 8.38. The van der Waals surface area contributed by atoms with Crippen LogP contribution in [0.4, 0.5) is 0 Å². The minimum absolute atomic E-state index is 0.432. The Kier molecular flexibility index (Phi) is 5.11. The van der Waals surface area contributed by atoms with E-state index in [1.54, 1.807) is 0 Å². The number of nitrogens with two attached hydrogens (primary N) is 1. The molecule has 5 heteroatoms. The molecule has 2 heterocycles. The lowest BCUT2D eigenvalue weighted by Gasteiger charge is -2.10. The molecule has 0 unspecified atom stereocenters. The minimum atomic E-state index is 0.432. The number of aromatic nitrogens is 3. The molecule has 0 fully saturated rings. The number of nitrogens with zero attached hydrogens (tertiary/aromatic N) is 3.